The van der Waals surface area contributed by atoms with Crippen LogP contribution in [0.4, 0.5) is 0 Å². The molecule has 1 saturated carbocycles. The van der Waals surface area contributed by atoms with Gasteiger partial charge in [0.15, 0.2) is 0 Å². The molecule has 3 rings (SSSR count). The van der Waals surface area contributed by atoms with E-state index in [1.807, 2.05) is 26.8 Å². The molecule has 21 heavy (non-hydrogen) atoms. The molecule has 2 aromatic rings. The summed E-state index contributed by atoms with van der Waals surface area (Å²) in [6.45, 7) is 5.73. The Kier molecular flexibility index (Phi) is 3.23. The number of carboxylic acids is 1. The summed E-state index contributed by atoms with van der Waals surface area (Å²) >= 11 is 0. The number of hydrogen-bond acceptors (Lipinski definition) is 3. The molecule has 0 amide bonds. The third-order valence-corrected chi connectivity index (χ3v) is 4.77. The fraction of sp³-hybridized carbons (Fsp3) is 0.562. The summed E-state index contributed by atoms with van der Waals surface area (Å²) in [4.78, 5) is 20.5. The number of fused-ring (bicyclic) bond motifs is 1. The summed E-state index contributed by atoms with van der Waals surface area (Å²) in [5, 5.41) is 9.63. The number of nitrogens with zero attached hydrogens (tertiary/aromatic N) is 3. The molecule has 5 nitrogen and oxygen atoms in total. The first kappa shape index (κ1) is 14.0. The van der Waals surface area contributed by atoms with E-state index in [0.29, 0.717) is 12.5 Å². The first-order chi connectivity index (χ1) is 9.93. The fourth-order valence-electron chi connectivity index (χ4n) is 2.72. The van der Waals surface area contributed by atoms with E-state index in [2.05, 4.69) is 14.5 Å². The monoisotopic (exact) mass is 287 g/mol. The van der Waals surface area contributed by atoms with Gasteiger partial charge in [0.05, 0.1) is 17.1 Å². The van der Waals surface area contributed by atoms with Crippen LogP contribution in [0.1, 0.15) is 45.5 Å². The van der Waals surface area contributed by atoms with Gasteiger partial charge >= 0.3 is 5.97 Å². The van der Waals surface area contributed by atoms with E-state index < -0.39 is 11.4 Å². The molecule has 1 atom stereocenters. The lowest BCUT2D eigenvalue weighted by Gasteiger charge is -2.29. The quantitative estimate of drug-likeness (QED) is 0.917. The maximum atomic E-state index is 11.7. The zero-order chi connectivity index (χ0) is 15.2. The lowest BCUT2D eigenvalue weighted by molar-refractivity contribution is -0.150. The number of carboxylic acid groups (broad SMARTS) is 1. The van der Waals surface area contributed by atoms with Gasteiger partial charge in [-0.1, -0.05) is 13.8 Å². The van der Waals surface area contributed by atoms with E-state index in [1.165, 1.54) is 0 Å². The SMILES string of the molecule is CC(C)C(C)(Cc1nc2cnccc2n1C1CC1)C(=O)O. The van der Waals surface area contributed by atoms with Crippen molar-refractivity contribution in [3.8, 4) is 0 Å². The third kappa shape index (κ3) is 2.30. The van der Waals surface area contributed by atoms with Crippen molar-refractivity contribution in [2.75, 3.05) is 0 Å². The summed E-state index contributed by atoms with van der Waals surface area (Å²) in [7, 11) is 0. The van der Waals surface area contributed by atoms with Gasteiger partial charge < -0.3 is 9.67 Å². The van der Waals surface area contributed by atoms with Gasteiger partial charge in [-0.2, -0.15) is 0 Å². The van der Waals surface area contributed by atoms with E-state index in [1.54, 1.807) is 12.4 Å². The fourth-order valence-corrected chi connectivity index (χ4v) is 2.72. The normalized spacial score (nSPS) is 18.1. The molecule has 0 radical (unpaired) electrons. The Morgan fingerprint density at radius 1 is 1.52 bits per heavy atom. The Morgan fingerprint density at radius 2 is 2.24 bits per heavy atom. The molecule has 5 heteroatoms. The highest BCUT2D eigenvalue weighted by atomic mass is 16.4. The van der Waals surface area contributed by atoms with Crippen molar-refractivity contribution in [1.82, 2.24) is 14.5 Å². The molecular weight excluding hydrogens is 266 g/mol. The Balaban J connectivity index is 2.08. The van der Waals surface area contributed by atoms with Gasteiger partial charge in [-0.15, -0.1) is 0 Å². The number of aromatic nitrogens is 3. The van der Waals surface area contributed by atoms with Crippen molar-refractivity contribution in [3.63, 3.8) is 0 Å². The predicted octanol–water partition coefficient (Wildman–Crippen LogP) is 3.06. The molecule has 0 saturated heterocycles. The molecular formula is C16H21N3O2. The van der Waals surface area contributed by atoms with Gasteiger partial charge in [-0.05, 0) is 31.7 Å². The van der Waals surface area contributed by atoms with Crippen molar-refractivity contribution in [2.24, 2.45) is 11.3 Å². The van der Waals surface area contributed by atoms with Crippen molar-refractivity contribution in [2.45, 2.75) is 46.1 Å². The van der Waals surface area contributed by atoms with Crippen molar-refractivity contribution in [1.29, 1.82) is 0 Å². The van der Waals surface area contributed by atoms with Crippen LogP contribution >= 0.6 is 0 Å². The minimum atomic E-state index is -0.804. The van der Waals surface area contributed by atoms with Crippen molar-refractivity contribution in [3.05, 3.63) is 24.3 Å². The van der Waals surface area contributed by atoms with Crippen LogP contribution in [0.15, 0.2) is 18.5 Å². The number of hydrogen-bond donors (Lipinski definition) is 1. The van der Waals surface area contributed by atoms with E-state index >= 15 is 0 Å². The number of aliphatic carboxylic acids is 1. The summed E-state index contributed by atoms with van der Waals surface area (Å²) in [5.41, 5.74) is 1.12. The second-order valence-electron chi connectivity index (χ2n) is 6.55. The van der Waals surface area contributed by atoms with E-state index in [0.717, 1.165) is 29.7 Å². The smallest absolute Gasteiger partial charge is 0.310 e. The van der Waals surface area contributed by atoms with E-state index in [-0.39, 0.29) is 5.92 Å². The average Bonchev–Trinajstić information content (AvgIpc) is 3.19. The summed E-state index contributed by atoms with van der Waals surface area (Å²) < 4.78 is 2.22. The highest BCUT2D eigenvalue weighted by Gasteiger charge is 2.39. The van der Waals surface area contributed by atoms with Crippen LogP contribution in [0, 0.1) is 11.3 Å². The maximum absolute atomic E-state index is 11.7. The Bertz CT molecular complexity index is 688. The van der Waals surface area contributed by atoms with Gasteiger partial charge in [0.25, 0.3) is 0 Å². The Labute approximate surface area is 124 Å². The van der Waals surface area contributed by atoms with Crippen LogP contribution in [0.3, 0.4) is 0 Å². The van der Waals surface area contributed by atoms with Gasteiger partial charge in [0, 0.05) is 18.7 Å². The highest BCUT2D eigenvalue weighted by Crippen LogP contribution is 2.41. The van der Waals surface area contributed by atoms with E-state index in [9.17, 15) is 9.90 Å². The molecule has 112 valence electrons. The van der Waals surface area contributed by atoms with Crippen molar-refractivity contribution >= 4 is 17.0 Å². The van der Waals surface area contributed by atoms with Crippen LogP contribution in [0.2, 0.25) is 0 Å². The third-order valence-electron chi connectivity index (χ3n) is 4.77. The van der Waals surface area contributed by atoms with Crippen LogP contribution in [0.5, 0.6) is 0 Å². The van der Waals surface area contributed by atoms with Gasteiger partial charge in [-0.3, -0.25) is 9.78 Å². The van der Waals surface area contributed by atoms with Gasteiger partial charge in [-0.25, -0.2) is 4.98 Å². The molecule has 1 aliphatic carbocycles. The molecule has 2 heterocycles. The molecule has 1 unspecified atom stereocenters. The predicted molar refractivity (Wildman–Crippen MR) is 80.1 cm³/mol. The van der Waals surface area contributed by atoms with Crippen LogP contribution in [0.25, 0.3) is 11.0 Å². The second-order valence-corrected chi connectivity index (χ2v) is 6.55. The molecule has 1 aliphatic rings. The number of imidazole rings is 1. The lowest BCUT2D eigenvalue weighted by Crippen LogP contribution is -2.36. The first-order valence-electron chi connectivity index (χ1n) is 7.47. The molecule has 1 fully saturated rings. The molecule has 0 spiro atoms. The average molecular weight is 287 g/mol. The highest BCUT2D eigenvalue weighted by molar-refractivity contribution is 5.77. The lowest BCUT2D eigenvalue weighted by atomic mass is 9.76. The number of pyridine rings is 1. The number of rotatable bonds is 5. The molecule has 1 N–H and O–H groups in total. The number of carbonyl (C=O) groups is 1. The van der Waals surface area contributed by atoms with Gasteiger partial charge in [0.2, 0.25) is 0 Å². The molecule has 0 aliphatic heterocycles. The minimum absolute atomic E-state index is 0.0422. The molecule has 0 aromatic carbocycles. The summed E-state index contributed by atoms with van der Waals surface area (Å²) in [6, 6.07) is 2.44. The Hall–Kier alpha value is -1.91. The van der Waals surface area contributed by atoms with E-state index in [4.69, 9.17) is 0 Å². The van der Waals surface area contributed by atoms with Crippen LogP contribution in [-0.4, -0.2) is 25.6 Å². The molecule has 0 bridgehead atoms. The van der Waals surface area contributed by atoms with Crippen LogP contribution in [-0.2, 0) is 11.2 Å². The summed E-state index contributed by atoms with van der Waals surface area (Å²) in [5.74, 6) is 0.157. The summed E-state index contributed by atoms with van der Waals surface area (Å²) in [6.07, 6.45) is 6.26. The first-order valence-corrected chi connectivity index (χ1v) is 7.47. The topological polar surface area (TPSA) is 68.0 Å². The molecule has 2 aromatic heterocycles. The van der Waals surface area contributed by atoms with Gasteiger partial charge in [0.1, 0.15) is 11.3 Å². The largest absolute Gasteiger partial charge is 0.481 e. The minimum Gasteiger partial charge on any atom is -0.481 e. The second kappa shape index (κ2) is 4.83. The maximum Gasteiger partial charge on any atom is 0.310 e. The van der Waals surface area contributed by atoms with Crippen molar-refractivity contribution < 1.29 is 9.90 Å². The Morgan fingerprint density at radius 3 is 2.81 bits per heavy atom. The standard InChI is InChI=1S/C16H21N3O2/c1-10(2)16(3,15(20)21)8-14-18-12-9-17-7-6-13(12)19(14)11-4-5-11/h6-7,9-11H,4-5,8H2,1-3H3,(H,20,21). The zero-order valence-electron chi connectivity index (χ0n) is 12.7. The van der Waals surface area contributed by atoms with Crippen LogP contribution < -0.4 is 0 Å². The zero-order valence-corrected chi connectivity index (χ0v) is 12.7.